The number of aromatic amines is 1. The Morgan fingerprint density at radius 3 is 2.72 bits per heavy atom. The van der Waals surface area contributed by atoms with E-state index >= 15 is 0 Å². The molecule has 1 saturated carbocycles. The minimum atomic E-state index is -0.833. The highest BCUT2D eigenvalue weighted by molar-refractivity contribution is 7.71. The molecule has 18 heavy (non-hydrogen) atoms. The zero-order valence-corrected chi connectivity index (χ0v) is 11.1. The number of hydrogen-bond acceptors (Lipinski definition) is 1. The zero-order chi connectivity index (χ0) is 13.1. The van der Waals surface area contributed by atoms with Gasteiger partial charge < -0.3 is 9.55 Å². The van der Waals surface area contributed by atoms with Crippen LogP contribution in [0.2, 0.25) is 0 Å². The molecule has 1 fully saturated rings. The molecular weight excluding hydrogens is 254 g/mol. The van der Waals surface area contributed by atoms with Gasteiger partial charge >= 0.3 is 0 Å². The van der Waals surface area contributed by atoms with Gasteiger partial charge in [-0.25, -0.2) is 8.78 Å². The molecule has 0 aliphatic heterocycles. The van der Waals surface area contributed by atoms with E-state index in [9.17, 15) is 8.78 Å². The molecule has 3 rings (SSSR count). The Labute approximate surface area is 109 Å². The van der Waals surface area contributed by atoms with Crippen LogP contribution in [0.4, 0.5) is 8.78 Å². The van der Waals surface area contributed by atoms with Crippen molar-refractivity contribution in [3.8, 4) is 0 Å². The van der Waals surface area contributed by atoms with Crippen LogP contribution in [0.1, 0.15) is 20.3 Å². The molecule has 0 spiro atoms. The van der Waals surface area contributed by atoms with Gasteiger partial charge in [-0.2, -0.15) is 0 Å². The van der Waals surface area contributed by atoms with Gasteiger partial charge in [-0.1, -0.05) is 13.8 Å². The van der Waals surface area contributed by atoms with E-state index in [1.165, 1.54) is 6.07 Å². The maximum atomic E-state index is 13.9. The first-order valence-electron chi connectivity index (χ1n) is 5.96. The van der Waals surface area contributed by atoms with E-state index in [1.54, 1.807) is 4.57 Å². The predicted molar refractivity (Wildman–Crippen MR) is 68.9 cm³/mol. The molecule has 2 aromatic rings. The van der Waals surface area contributed by atoms with Gasteiger partial charge in [0.05, 0.1) is 5.52 Å². The van der Waals surface area contributed by atoms with Gasteiger partial charge in [0.1, 0.15) is 5.52 Å². The van der Waals surface area contributed by atoms with Gasteiger partial charge in [-0.3, -0.25) is 0 Å². The molecule has 0 radical (unpaired) electrons. The Kier molecular flexibility index (Phi) is 2.39. The summed E-state index contributed by atoms with van der Waals surface area (Å²) in [4.78, 5) is 2.93. The maximum absolute atomic E-state index is 13.9. The number of nitrogens with zero attached hydrogens (tertiary/aromatic N) is 1. The second kappa shape index (κ2) is 3.63. The van der Waals surface area contributed by atoms with Crippen molar-refractivity contribution in [3.63, 3.8) is 0 Å². The lowest BCUT2D eigenvalue weighted by Gasteiger charge is -2.07. The highest BCUT2D eigenvalue weighted by Crippen LogP contribution is 2.52. The summed E-state index contributed by atoms with van der Waals surface area (Å²) >= 11 is 5.20. The largest absolute Gasteiger partial charge is 0.330 e. The SMILES string of the molecule is CC1(C)CC1Cn1c(=S)[nH]c2ccc(F)c(F)c21. The lowest BCUT2D eigenvalue weighted by molar-refractivity contribution is 0.487. The third-order valence-corrected chi connectivity index (χ3v) is 4.27. The summed E-state index contributed by atoms with van der Waals surface area (Å²) in [5.74, 6) is -1.18. The first-order chi connectivity index (χ1) is 8.40. The summed E-state index contributed by atoms with van der Waals surface area (Å²) in [6, 6.07) is 2.65. The van der Waals surface area contributed by atoms with Gasteiger partial charge in [-0.05, 0) is 42.1 Å². The minimum absolute atomic E-state index is 0.253. The van der Waals surface area contributed by atoms with E-state index in [0.717, 1.165) is 12.5 Å². The Balaban J connectivity index is 2.13. The number of aromatic nitrogens is 2. The Morgan fingerprint density at radius 2 is 2.11 bits per heavy atom. The summed E-state index contributed by atoms with van der Waals surface area (Å²) in [7, 11) is 0. The lowest BCUT2D eigenvalue weighted by Crippen LogP contribution is -2.05. The molecule has 1 aliphatic carbocycles. The maximum Gasteiger partial charge on any atom is 0.184 e. The first kappa shape index (κ1) is 11.8. The fraction of sp³-hybridized carbons (Fsp3) is 0.462. The number of H-pyrrole nitrogens is 1. The Bertz CT molecular complexity index is 684. The molecule has 0 amide bonds. The van der Waals surface area contributed by atoms with Crippen molar-refractivity contribution in [2.24, 2.45) is 11.3 Å². The Morgan fingerprint density at radius 1 is 1.44 bits per heavy atom. The average molecular weight is 268 g/mol. The van der Waals surface area contributed by atoms with Crippen LogP contribution >= 0.6 is 12.2 Å². The number of imidazole rings is 1. The predicted octanol–water partition coefficient (Wildman–Crippen LogP) is 4.02. The zero-order valence-electron chi connectivity index (χ0n) is 10.3. The van der Waals surface area contributed by atoms with Crippen LogP contribution in [0, 0.1) is 27.7 Å². The highest BCUT2D eigenvalue weighted by Gasteiger charge is 2.45. The monoisotopic (exact) mass is 268 g/mol. The molecule has 1 aromatic heterocycles. The summed E-state index contributed by atoms with van der Waals surface area (Å²) < 4.78 is 29.3. The molecule has 1 atom stereocenters. The first-order valence-corrected chi connectivity index (χ1v) is 6.37. The highest BCUT2D eigenvalue weighted by atomic mass is 32.1. The van der Waals surface area contributed by atoms with E-state index in [0.29, 0.717) is 22.8 Å². The van der Waals surface area contributed by atoms with Crippen LogP contribution in [0.3, 0.4) is 0 Å². The number of halogens is 2. The second-order valence-electron chi connectivity index (χ2n) is 5.69. The van der Waals surface area contributed by atoms with Gasteiger partial charge in [0.15, 0.2) is 16.4 Å². The van der Waals surface area contributed by atoms with E-state index in [1.807, 2.05) is 0 Å². The fourth-order valence-electron chi connectivity index (χ4n) is 2.47. The van der Waals surface area contributed by atoms with Crippen LogP contribution < -0.4 is 0 Å². The van der Waals surface area contributed by atoms with Gasteiger partial charge in [-0.15, -0.1) is 0 Å². The van der Waals surface area contributed by atoms with Crippen molar-refractivity contribution in [2.75, 3.05) is 0 Å². The van der Waals surface area contributed by atoms with Gasteiger partial charge in [0, 0.05) is 6.54 Å². The van der Waals surface area contributed by atoms with E-state index in [4.69, 9.17) is 12.2 Å². The molecule has 1 N–H and O–H groups in total. The van der Waals surface area contributed by atoms with E-state index in [2.05, 4.69) is 18.8 Å². The van der Waals surface area contributed by atoms with E-state index < -0.39 is 11.6 Å². The second-order valence-corrected chi connectivity index (χ2v) is 6.07. The number of nitrogens with one attached hydrogen (secondary N) is 1. The topological polar surface area (TPSA) is 20.7 Å². The van der Waals surface area contributed by atoms with Crippen molar-refractivity contribution in [1.82, 2.24) is 9.55 Å². The molecule has 0 saturated heterocycles. The molecule has 2 nitrogen and oxygen atoms in total. The van der Waals surface area contributed by atoms with Crippen molar-refractivity contribution in [1.29, 1.82) is 0 Å². The third-order valence-electron chi connectivity index (χ3n) is 3.95. The summed E-state index contributed by atoms with van der Waals surface area (Å²) in [6.45, 7) is 4.99. The molecule has 5 heteroatoms. The van der Waals surface area contributed by atoms with E-state index in [-0.39, 0.29) is 10.9 Å². The van der Waals surface area contributed by atoms with Gasteiger partial charge in [0.25, 0.3) is 0 Å². The van der Waals surface area contributed by atoms with Crippen LogP contribution in [0.15, 0.2) is 12.1 Å². The van der Waals surface area contributed by atoms with Crippen LogP contribution in [0.5, 0.6) is 0 Å². The van der Waals surface area contributed by atoms with Crippen molar-refractivity contribution in [3.05, 3.63) is 28.5 Å². The number of hydrogen-bond donors (Lipinski definition) is 1. The summed E-state index contributed by atoms with van der Waals surface area (Å²) in [6.07, 6.45) is 1.10. The average Bonchev–Trinajstić information content (AvgIpc) is 2.75. The number of rotatable bonds is 2. The fourth-order valence-corrected chi connectivity index (χ4v) is 2.75. The van der Waals surface area contributed by atoms with Crippen LogP contribution in [-0.2, 0) is 6.54 Å². The van der Waals surface area contributed by atoms with Crippen LogP contribution in [-0.4, -0.2) is 9.55 Å². The van der Waals surface area contributed by atoms with Crippen molar-refractivity contribution in [2.45, 2.75) is 26.8 Å². The molecule has 1 aromatic carbocycles. The molecule has 1 heterocycles. The minimum Gasteiger partial charge on any atom is -0.330 e. The smallest absolute Gasteiger partial charge is 0.184 e. The normalized spacial score (nSPS) is 21.4. The quantitative estimate of drug-likeness (QED) is 0.816. The van der Waals surface area contributed by atoms with Crippen molar-refractivity contribution < 1.29 is 8.78 Å². The standard InChI is InChI=1S/C13H14F2N2S/c1-13(2)5-7(13)6-17-11-9(16-12(17)18)4-3-8(14)10(11)15/h3-4,7H,5-6H2,1-2H3,(H,16,18). The summed E-state index contributed by atoms with van der Waals surface area (Å²) in [5, 5.41) is 0. The molecule has 1 aliphatic rings. The van der Waals surface area contributed by atoms with Crippen molar-refractivity contribution >= 4 is 23.3 Å². The molecule has 96 valence electrons. The molecule has 1 unspecified atom stereocenters. The lowest BCUT2D eigenvalue weighted by atomic mass is 10.1. The summed E-state index contributed by atoms with van der Waals surface area (Å²) in [5.41, 5.74) is 1.09. The Hall–Kier alpha value is -1.23. The number of benzene rings is 1. The van der Waals surface area contributed by atoms with Crippen LogP contribution in [0.25, 0.3) is 11.0 Å². The molecule has 0 bridgehead atoms. The van der Waals surface area contributed by atoms with Gasteiger partial charge in [0.2, 0.25) is 0 Å². The molecular formula is C13H14F2N2S. The third kappa shape index (κ3) is 1.68. The number of fused-ring (bicyclic) bond motifs is 1.